The maximum absolute atomic E-state index is 10.6. The van der Waals surface area contributed by atoms with Crippen molar-refractivity contribution in [2.24, 2.45) is 0 Å². The van der Waals surface area contributed by atoms with Gasteiger partial charge in [0.25, 0.3) is 0 Å². The van der Waals surface area contributed by atoms with Crippen LogP contribution in [0.2, 0.25) is 0 Å². The van der Waals surface area contributed by atoms with Crippen molar-refractivity contribution >= 4 is 11.9 Å². The summed E-state index contributed by atoms with van der Waals surface area (Å²) in [6.45, 7) is 0.316. The fourth-order valence-corrected chi connectivity index (χ4v) is 0.957. The second-order valence-electron chi connectivity index (χ2n) is 2.84. The van der Waals surface area contributed by atoms with Crippen LogP contribution < -0.4 is 5.32 Å². The molecule has 0 aliphatic heterocycles. The van der Waals surface area contributed by atoms with Crippen molar-refractivity contribution < 1.29 is 14.6 Å². The van der Waals surface area contributed by atoms with Crippen LogP contribution in [0.25, 0.3) is 0 Å². The zero-order valence-corrected chi connectivity index (χ0v) is 8.67. The van der Waals surface area contributed by atoms with Crippen LogP contribution in [-0.2, 0) is 4.74 Å². The summed E-state index contributed by atoms with van der Waals surface area (Å²) in [4.78, 5) is 18.2. The fourth-order valence-electron chi connectivity index (χ4n) is 0.957. The van der Waals surface area contributed by atoms with Crippen LogP contribution in [0.5, 0.6) is 0 Å². The van der Waals surface area contributed by atoms with Crippen molar-refractivity contribution in [2.45, 2.75) is 6.10 Å². The number of nitrogens with one attached hydrogen (secondary N) is 1. The minimum Gasteiger partial charge on any atom is -0.477 e. The molecule has 0 radical (unpaired) electrons. The van der Waals surface area contributed by atoms with Gasteiger partial charge in [0.15, 0.2) is 5.69 Å². The Bertz CT molecular complexity index is 414. The lowest BCUT2D eigenvalue weighted by molar-refractivity contribution is 0.0690. The average Bonchev–Trinajstić information content (AvgIpc) is 2.31. The number of aromatic nitrogens is 2. The molecule has 0 saturated heterocycles. The number of terminal acetylenes is 1. The Hall–Kier alpha value is -2.13. The summed E-state index contributed by atoms with van der Waals surface area (Å²) < 4.78 is 4.93. The van der Waals surface area contributed by atoms with Crippen LogP contribution in [-0.4, -0.2) is 40.8 Å². The molecule has 84 valence electrons. The molecule has 1 aromatic heterocycles. The Morgan fingerprint density at radius 2 is 2.56 bits per heavy atom. The Kier molecular flexibility index (Phi) is 4.24. The number of hydrogen-bond acceptors (Lipinski definition) is 5. The van der Waals surface area contributed by atoms with Crippen LogP contribution >= 0.6 is 0 Å². The molecule has 0 aliphatic rings. The number of anilines is 1. The van der Waals surface area contributed by atoms with Crippen LogP contribution in [0.1, 0.15) is 10.5 Å². The lowest BCUT2D eigenvalue weighted by Gasteiger charge is -2.09. The summed E-state index contributed by atoms with van der Waals surface area (Å²) in [7, 11) is 1.49. The molecule has 1 atom stereocenters. The van der Waals surface area contributed by atoms with E-state index < -0.39 is 12.1 Å². The molecule has 1 aromatic rings. The minimum absolute atomic E-state index is 0.0767. The molecule has 16 heavy (non-hydrogen) atoms. The molecule has 1 unspecified atom stereocenters. The van der Waals surface area contributed by atoms with Gasteiger partial charge >= 0.3 is 5.97 Å². The fraction of sp³-hybridized carbons (Fsp3) is 0.300. The molecule has 0 aliphatic carbocycles. The van der Waals surface area contributed by atoms with Gasteiger partial charge in [0.1, 0.15) is 6.10 Å². The highest BCUT2D eigenvalue weighted by atomic mass is 16.5. The minimum atomic E-state index is -1.11. The van der Waals surface area contributed by atoms with Gasteiger partial charge in [-0.25, -0.2) is 14.8 Å². The quantitative estimate of drug-likeness (QED) is 0.692. The lowest BCUT2D eigenvalue weighted by Crippen LogP contribution is -2.21. The molecule has 0 amide bonds. The highest BCUT2D eigenvalue weighted by Crippen LogP contribution is 2.01. The summed E-state index contributed by atoms with van der Waals surface area (Å²) in [6, 6.07) is 1.31. The molecule has 1 rings (SSSR count). The Morgan fingerprint density at radius 3 is 3.12 bits per heavy atom. The van der Waals surface area contributed by atoms with E-state index in [0.717, 1.165) is 0 Å². The highest BCUT2D eigenvalue weighted by molar-refractivity contribution is 5.85. The number of hydrogen-bond donors (Lipinski definition) is 2. The zero-order valence-electron chi connectivity index (χ0n) is 8.67. The third-order valence-electron chi connectivity index (χ3n) is 1.79. The first-order chi connectivity index (χ1) is 7.67. The lowest BCUT2D eigenvalue weighted by atomic mass is 10.3. The number of aromatic carboxylic acids is 1. The molecule has 2 N–H and O–H groups in total. The maximum atomic E-state index is 10.6. The topological polar surface area (TPSA) is 84.3 Å². The summed E-state index contributed by atoms with van der Waals surface area (Å²) in [6.07, 6.45) is 6.13. The van der Waals surface area contributed by atoms with E-state index in [2.05, 4.69) is 21.2 Å². The Morgan fingerprint density at radius 1 is 1.81 bits per heavy atom. The number of carboxylic acids is 1. The maximum Gasteiger partial charge on any atom is 0.354 e. The number of nitrogens with zero attached hydrogens (tertiary/aromatic N) is 2. The van der Waals surface area contributed by atoms with Gasteiger partial charge in [0, 0.05) is 13.3 Å². The highest BCUT2D eigenvalue weighted by Gasteiger charge is 2.07. The van der Waals surface area contributed by atoms with Gasteiger partial charge in [0.05, 0.1) is 6.54 Å². The SMILES string of the molecule is C#CC(CNc1nccc(C(=O)O)n1)OC. The summed E-state index contributed by atoms with van der Waals surface area (Å²) in [5, 5.41) is 11.5. The number of ether oxygens (including phenoxy) is 1. The second-order valence-corrected chi connectivity index (χ2v) is 2.84. The number of rotatable bonds is 5. The van der Waals surface area contributed by atoms with Crippen molar-refractivity contribution in [1.82, 2.24) is 9.97 Å². The normalized spacial score (nSPS) is 11.5. The first kappa shape index (κ1) is 11.9. The largest absolute Gasteiger partial charge is 0.477 e. The molecular weight excluding hydrogens is 210 g/mol. The van der Waals surface area contributed by atoms with Crippen molar-refractivity contribution in [3.63, 3.8) is 0 Å². The molecule has 1 heterocycles. The van der Waals surface area contributed by atoms with Gasteiger partial charge in [-0.15, -0.1) is 6.42 Å². The summed E-state index contributed by atoms with van der Waals surface area (Å²) in [5.74, 6) is 1.50. The van der Waals surface area contributed by atoms with Gasteiger partial charge in [-0.1, -0.05) is 5.92 Å². The predicted molar refractivity (Wildman–Crippen MR) is 57.1 cm³/mol. The van der Waals surface area contributed by atoms with Gasteiger partial charge in [-0.2, -0.15) is 0 Å². The smallest absolute Gasteiger partial charge is 0.354 e. The molecule has 0 aromatic carbocycles. The molecular formula is C10H11N3O3. The average molecular weight is 221 g/mol. The van der Waals surface area contributed by atoms with Gasteiger partial charge in [-0.3, -0.25) is 0 Å². The second kappa shape index (κ2) is 5.68. The first-order valence-corrected chi connectivity index (χ1v) is 4.46. The predicted octanol–water partition coefficient (Wildman–Crippen LogP) is 0.235. The van der Waals surface area contributed by atoms with Gasteiger partial charge in [-0.05, 0) is 6.07 Å². The Balaban J connectivity index is 2.64. The van der Waals surface area contributed by atoms with Crippen LogP contribution in [0.4, 0.5) is 5.95 Å². The van der Waals surface area contributed by atoms with E-state index in [1.165, 1.54) is 19.4 Å². The van der Waals surface area contributed by atoms with Crippen LogP contribution in [0.3, 0.4) is 0 Å². The monoisotopic (exact) mass is 221 g/mol. The first-order valence-electron chi connectivity index (χ1n) is 4.46. The van der Waals surface area contributed by atoms with E-state index in [0.29, 0.717) is 6.54 Å². The standard InChI is InChI=1S/C10H11N3O3/c1-3-7(16-2)6-12-10-11-5-4-8(13-10)9(14)15/h1,4-5,7H,6H2,2H3,(H,14,15)(H,11,12,13). The van der Waals surface area contributed by atoms with E-state index in [1.54, 1.807) is 0 Å². The summed E-state index contributed by atoms with van der Waals surface area (Å²) in [5.41, 5.74) is -0.0767. The third kappa shape index (κ3) is 3.22. The van der Waals surface area contributed by atoms with Crippen molar-refractivity contribution in [2.75, 3.05) is 19.0 Å². The number of carboxylic acid groups (broad SMARTS) is 1. The van der Waals surface area contributed by atoms with E-state index in [1.807, 2.05) is 0 Å². The van der Waals surface area contributed by atoms with Gasteiger partial charge in [0.2, 0.25) is 5.95 Å². The Labute approximate surface area is 92.7 Å². The molecule has 0 spiro atoms. The van der Waals surface area contributed by atoms with Crippen molar-refractivity contribution in [3.8, 4) is 12.3 Å². The molecule has 6 heteroatoms. The van der Waals surface area contributed by atoms with Crippen molar-refractivity contribution in [3.05, 3.63) is 18.0 Å². The zero-order chi connectivity index (χ0) is 12.0. The van der Waals surface area contributed by atoms with Crippen LogP contribution in [0, 0.1) is 12.3 Å². The molecule has 6 nitrogen and oxygen atoms in total. The molecule has 0 fully saturated rings. The van der Waals surface area contributed by atoms with Gasteiger partial charge < -0.3 is 15.2 Å². The summed E-state index contributed by atoms with van der Waals surface area (Å²) >= 11 is 0. The van der Waals surface area contributed by atoms with Crippen molar-refractivity contribution in [1.29, 1.82) is 0 Å². The van der Waals surface area contributed by atoms with E-state index in [4.69, 9.17) is 16.3 Å². The molecule has 0 saturated carbocycles. The van der Waals surface area contributed by atoms with Crippen LogP contribution in [0.15, 0.2) is 12.3 Å². The molecule has 0 bridgehead atoms. The third-order valence-corrected chi connectivity index (χ3v) is 1.79. The van der Waals surface area contributed by atoms with E-state index in [9.17, 15) is 4.79 Å². The number of methoxy groups -OCH3 is 1. The number of carbonyl (C=O) groups is 1. The van der Waals surface area contributed by atoms with E-state index >= 15 is 0 Å². The van der Waals surface area contributed by atoms with E-state index in [-0.39, 0.29) is 11.6 Å².